The molecule has 0 N–H and O–H groups in total. The van der Waals surface area contributed by atoms with Gasteiger partial charge in [0.2, 0.25) is 0 Å². The van der Waals surface area contributed by atoms with Crippen LogP contribution in [0.15, 0.2) is 0 Å². The lowest BCUT2D eigenvalue weighted by Gasteiger charge is -2.13. The van der Waals surface area contributed by atoms with Gasteiger partial charge in [-0.15, -0.1) is 0 Å². The first-order valence-corrected chi connectivity index (χ1v) is 14.2. The van der Waals surface area contributed by atoms with Crippen LogP contribution < -0.4 is 0 Å². The van der Waals surface area contributed by atoms with Crippen LogP contribution in [0.4, 0.5) is 0 Å². The van der Waals surface area contributed by atoms with Crippen LogP contribution in [0, 0.1) is 11.8 Å². The maximum Gasteiger partial charge on any atom is -0.0443 e. The van der Waals surface area contributed by atoms with Gasteiger partial charge in [-0.25, -0.2) is 0 Å². The van der Waals surface area contributed by atoms with Gasteiger partial charge in [0, 0.05) is 0 Å². The molecule has 0 aromatic carbocycles. The first-order chi connectivity index (χ1) is 14.2. The second kappa shape index (κ2) is 24.3. The van der Waals surface area contributed by atoms with Crippen LogP contribution in [0.1, 0.15) is 175 Å². The Bertz CT molecular complexity index is 282. The minimum Gasteiger partial charge on any atom is -0.0654 e. The normalized spacial score (nSPS) is 13.7. The molecule has 2 unspecified atom stereocenters. The molecule has 0 aromatic rings. The maximum atomic E-state index is 2.50. The van der Waals surface area contributed by atoms with Gasteiger partial charge < -0.3 is 0 Å². The molecule has 0 amide bonds. The van der Waals surface area contributed by atoms with E-state index in [1.807, 2.05) is 0 Å². The Morgan fingerprint density at radius 2 is 0.517 bits per heavy atom. The molecule has 0 nitrogen and oxygen atoms in total. The molecule has 0 heteroatoms. The standard InChI is InChI=1S/C29H60/c1-5-7-9-11-13-14-15-16-17-19-21-25-29(4)27-23-22-26-28(3)24-20-18-12-10-8-6-2/h28-29H,5-27H2,1-4H3. The summed E-state index contributed by atoms with van der Waals surface area (Å²) >= 11 is 0. The third kappa shape index (κ3) is 24.1. The van der Waals surface area contributed by atoms with E-state index in [1.165, 1.54) is 148 Å². The van der Waals surface area contributed by atoms with E-state index >= 15 is 0 Å². The molecule has 0 aliphatic rings. The highest BCUT2D eigenvalue weighted by Crippen LogP contribution is 2.21. The molecule has 0 saturated carbocycles. The lowest BCUT2D eigenvalue weighted by molar-refractivity contribution is 0.400. The Labute approximate surface area is 187 Å². The molecule has 0 radical (unpaired) electrons. The van der Waals surface area contributed by atoms with Crippen LogP contribution in [0.2, 0.25) is 0 Å². The number of hydrogen-bond donors (Lipinski definition) is 0. The minimum atomic E-state index is 0.961. The van der Waals surface area contributed by atoms with Crippen LogP contribution in [0.3, 0.4) is 0 Å². The Morgan fingerprint density at radius 1 is 0.310 bits per heavy atom. The van der Waals surface area contributed by atoms with Crippen LogP contribution in [-0.4, -0.2) is 0 Å². The van der Waals surface area contributed by atoms with E-state index in [4.69, 9.17) is 0 Å². The van der Waals surface area contributed by atoms with Crippen molar-refractivity contribution in [3.8, 4) is 0 Å². The van der Waals surface area contributed by atoms with E-state index in [2.05, 4.69) is 27.7 Å². The lowest BCUT2D eigenvalue weighted by Crippen LogP contribution is -1.98. The highest BCUT2D eigenvalue weighted by atomic mass is 14.1. The van der Waals surface area contributed by atoms with E-state index in [1.54, 1.807) is 0 Å². The molecule has 29 heavy (non-hydrogen) atoms. The summed E-state index contributed by atoms with van der Waals surface area (Å²) in [5.74, 6) is 1.92. The summed E-state index contributed by atoms with van der Waals surface area (Å²) in [4.78, 5) is 0. The van der Waals surface area contributed by atoms with Crippen molar-refractivity contribution >= 4 is 0 Å². The summed E-state index contributed by atoms with van der Waals surface area (Å²) in [5, 5.41) is 0. The SMILES string of the molecule is CCCCCCCCCCCCCC(C)CCCCC(C)CCCCCCCC. The fraction of sp³-hybridized carbons (Fsp3) is 1.00. The van der Waals surface area contributed by atoms with Gasteiger partial charge in [-0.3, -0.25) is 0 Å². The Hall–Kier alpha value is 0. The van der Waals surface area contributed by atoms with Crippen molar-refractivity contribution in [2.75, 3.05) is 0 Å². The van der Waals surface area contributed by atoms with Crippen LogP contribution in [-0.2, 0) is 0 Å². The average molecular weight is 409 g/mol. The van der Waals surface area contributed by atoms with Crippen LogP contribution >= 0.6 is 0 Å². The smallest absolute Gasteiger partial charge is 0.0443 e. The molecular weight excluding hydrogens is 348 g/mol. The minimum absolute atomic E-state index is 0.961. The van der Waals surface area contributed by atoms with Crippen LogP contribution in [0.5, 0.6) is 0 Å². The Kier molecular flexibility index (Phi) is 24.3. The number of unbranched alkanes of at least 4 members (excludes halogenated alkanes) is 16. The molecule has 2 atom stereocenters. The summed E-state index contributed by atoms with van der Waals surface area (Å²) in [6.45, 7) is 9.59. The topological polar surface area (TPSA) is 0 Å². The molecule has 0 aliphatic heterocycles. The van der Waals surface area contributed by atoms with Gasteiger partial charge in [0.15, 0.2) is 0 Å². The average Bonchev–Trinajstić information content (AvgIpc) is 2.72. The zero-order valence-corrected chi connectivity index (χ0v) is 21.4. The van der Waals surface area contributed by atoms with Crippen molar-refractivity contribution < 1.29 is 0 Å². The molecule has 0 rings (SSSR count). The van der Waals surface area contributed by atoms with Gasteiger partial charge in [0.1, 0.15) is 0 Å². The van der Waals surface area contributed by atoms with E-state index in [9.17, 15) is 0 Å². The van der Waals surface area contributed by atoms with Crippen LogP contribution in [0.25, 0.3) is 0 Å². The molecule has 0 bridgehead atoms. The highest BCUT2D eigenvalue weighted by Gasteiger charge is 2.05. The quantitative estimate of drug-likeness (QED) is 0.139. The van der Waals surface area contributed by atoms with Gasteiger partial charge in [-0.2, -0.15) is 0 Å². The predicted octanol–water partition coefficient (Wildman–Crippen LogP) is 11.3. The molecule has 0 saturated heterocycles. The fourth-order valence-corrected chi connectivity index (χ4v) is 4.70. The molecule has 176 valence electrons. The third-order valence-corrected chi connectivity index (χ3v) is 6.99. The zero-order chi connectivity index (χ0) is 21.4. The first-order valence-electron chi connectivity index (χ1n) is 14.2. The number of rotatable bonds is 24. The largest absolute Gasteiger partial charge is 0.0654 e. The summed E-state index contributed by atoms with van der Waals surface area (Å²) in [6.07, 6.45) is 33.7. The summed E-state index contributed by atoms with van der Waals surface area (Å²) < 4.78 is 0. The maximum absolute atomic E-state index is 2.50. The van der Waals surface area contributed by atoms with Crippen molar-refractivity contribution in [1.82, 2.24) is 0 Å². The molecule has 0 aromatic heterocycles. The lowest BCUT2D eigenvalue weighted by atomic mass is 9.93. The monoisotopic (exact) mass is 408 g/mol. The van der Waals surface area contributed by atoms with Crippen molar-refractivity contribution in [2.24, 2.45) is 11.8 Å². The van der Waals surface area contributed by atoms with Gasteiger partial charge in [-0.1, -0.05) is 175 Å². The predicted molar refractivity (Wildman–Crippen MR) is 136 cm³/mol. The summed E-state index contributed by atoms with van der Waals surface area (Å²) in [5.41, 5.74) is 0. The second-order valence-corrected chi connectivity index (χ2v) is 10.4. The van der Waals surface area contributed by atoms with Crippen molar-refractivity contribution in [1.29, 1.82) is 0 Å². The first kappa shape index (κ1) is 29.0. The van der Waals surface area contributed by atoms with Gasteiger partial charge in [-0.05, 0) is 11.8 Å². The molecule has 0 fully saturated rings. The van der Waals surface area contributed by atoms with Crippen molar-refractivity contribution in [3.05, 3.63) is 0 Å². The Morgan fingerprint density at radius 3 is 0.793 bits per heavy atom. The molecule has 0 heterocycles. The molecular formula is C29H60. The fourth-order valence-electron chi connectivity index (χ4n) is 4.70. The molecule has 0 spiro atoms. The summed E-state index contributed by atoms with van der Waals surface area (Å²) in [6, 6.07) is 0. The van der Waals surface area contributed by atoms with E-state index < -0.39 is 0 Å². The molecule has 0 aliphatic carbocycles. The Balaban J connectivity index is 3.26. The highest BCUT2D eigenvalue weighted by molar-refractivity contribution is 4.59. The van der Waals surface area contributed by atoms with E-state index in [0.717, 1.165) is 11.8 Å². The number of hydrogen-bond acceptors (Lipinski definition) is 0. The summed E-state index contributed by atoms with van der Waals surface area (Å²) in [7, 11) is 0. The van der Waals surface area contributed by atoms with E-state index in [0.29, 0.717) is 0 Å². The van der Waals surface area contributed by atoms with Gasteiger partial charge in [0.25, 0.3) is 0 Å². The second-order valence-electron chi connectivity index (χ2n) is 10.4. The van der Waals surface area contributed by atoms with Crippen molar-refractivity contribution in [2.45, 2.75) is 175 Å². The zero-order valence-electron chi connectivity index (χ0n) is 21.4. The van der Waals surface area contributed by atoms with Gasteiger partial charge in [0.05, 0.1) is 0 Å². The third-order valence-electron chi connectivity index (χ3n) is 6.99. The van der Waals surface area contributed by atoms with Gasteiger partial charge >= 0.3 is 0 Å². The van der Waals surface area contributed by atoms with Crippen molar-refractivity contribution in [3.63, 3.8) is 0 Å². The van der Waals surface area contributed by atoms with E-state index in [-0.39, 0.29) is 0 Å².